The van der Waals surface area contributed by atoms with E-state index < -0.39 is 5.54 Å². The largest absolute Gasteiger partial charge is 0.342 e. The predicted octanol–water partition coefficient (Wildman–Crippen LogP) is 3.64. The molecule has 2 aromatic heterocycles. The normalized spacial score (nSPS) is 16.0. The Balaban J connectivity index is 1.75. The van der Waals surface area contributed by atoms with Crippen LogP contribution >= 0.6 is 11.3 Å². The van der Waals surface area contributed by atoms with Gasteiger partial charge in [-0.3, -0.25) is 9.59 Å². The molecule has 7 heteroatoms. The van der Waals surface area contributed by atoms with Gasteiger partial charge in [0.2, 0.25) is 0 Å². The first-order chi connectivity index (χ1) is 12.9. The van der Waals surface area contributed by atoms with E-state index in [1.54, 1.807) is 20.0 Å². The highest BCUT2D eigenvalue weighted by Gasteiger charge is 2.38. The molecule has 1 aliphatic rings. The van der Waals surface area contributed by atoms with Gasteiger partial charge in [0.05, 0.1) is 22.1 Å². The highest BCUT2D eigenvalue weighted by atomic mass is 32.1. The van der Waals surface area contributed by atoms with E-state index in [0.29, 0.717) is 20.7 Å². The maximum Gasteiger partial charge on any atom is 0.262 e. The Morgan fingerprint density at radius 2 is 2.07 bits per heavy atom. The molecule has 0 spiro atoms. The summed E-state index contributed by atoms with van der Waals surface area (Å²) >= 11 is 1.22. The van der Waals surface area contributed by atoms with Crippen LogP contribution in [0.25, 0.3) is 10.2 Å². The number of halogens is 1. The smallest absolute Gasteiger partial charge is 0.262 e. The summed E-state index contributed by atoms with van der Waals surface area (Å²) in [5, 5.41) is 3.64. The van der Waals surface area contributed by atoms with Crippen molar-refractivity contribution in [2.45, 2.75) is 38.1 Å². The van der Waals surface area contributed by atoms with Crippen LogP contribution in [0.5, 0.6) is 0 Å². The highest BCUT2D eigenvalue weighted by Crippen LogP contribution is 2.40. The molecule has 0 bridgehead atoms. The van der Waals surface area contributed by atoms with E-state index in [0.717, 1.165) is 31.2 Å². The Bertz CT molecular complexity index is 1100. The maximum atomic E-state index is 13.8. The number of carbonyl (C=O) groups is 1. The maximum absolute atomic E-state index is 13.8. The molecule has 1 saturated carbocycles. The fourth-order valence-corrected chi connectivity index (χ4v) is 4.98. The van der Waals surface area contributed by atoms with Gasteiger partial charge in [-0.15, -0.1) is 11.3 Å². The van der Waals surface area contributed by atoms with Crippen molar-refractivity contribution < 1.29 is 9.18 Å². The second-order valence-electron chi connectivity index (χ2n) is 7.15. The molecule has 1 N–H and O–H groups in total. The standard InChI is InChI=1S/C20H20FN3O2S/c1-12-15-18(22-11-24(2)19(15)26)27-16(12)17(25)23-20(8-3-4-9-20)13-6-5-7-14(21)10-13/h5-7,10-11H,3-4,8-9H2,1-2H3,(H,23,25). The summed E-state index contributed by atoms with van der Waals surface area (Å²) in [5.41, 5.74) is 0.712. The Kier molecular flexibility index (Phi) is 4.34. The first-order valence-corrected chi connectivity index (χ1v) is 9.76. The van der Waals surface area contributed by atoms with Crippen LogP contribution in [0.1, 0.15) is 46.5 Å². The van der Waals surface area contributed by atoms with Crippen LogP contribution in [0.4, 0.5) is 4.39 Å². The van der Waals surface area contributed by atoms with E-state index in [-0.39, 0.29) is 17.3 Å². The average Bonchev–Trinajstić information content (AvgIpc) is 3.24. The summed E-state index contributed by atoms with van der Waals surface area (Å²) in [5.74, 6) is -0.539. The summed E-state index contributed by atoms with van der Waals surface area (Å²) in [6, 6.07) is 6.45. The second-order valence-corrected chi connectivity index (χ2v) is 8.15. The molecule has 4 rings (SSSR count). The minimum Gasteiger partial charge on any atom is -0.342 e. The van der Waals surface area contributed by atoms with Gasteiger partial charge in [0.25, 0.3) is 11.5 Å². The molecule has 1 aliphatic carbocycles. The number of aromatic nitrogens is 2. The summed E-state index contributed by atoms with van der Waals surface area (Å²) in [4.78, 5) is 30.9. The van der Waals surface area contributed by atoms with Gasteiger partial charge in [-0.2, -0.15) is 0 Å². The van der Waals surface area contributed by atoms with Crippen molar-refractivity contribution >= 4 is 27.5 Å². The minimum absolute atomic E-state index is 0.159. The minimum atomic E-state index is -0.569. The van der Waals surface area contributed by atoms with Gasteiger partial charge in [0, 0.05) is 7.05 Å². The van der Waals surface area contributed by atoms with Crippen LogP contribution in [0.2, 0.25) is 0 Å². The van der Waals surface area contributed by atoms with Crippen molar-refractivity contribution in [3.05, 3.63) is 62.8 Å². The lowest BCUT2D eigenvalue weighted by Crippen LogP contribution is -2.43. The molecule has 1 fully saturated rings. The molecular weight excluding hydrogens is 365 g/mol. The Morgan fingerprint density at radius 3 is 2.78 bits per heavy atom. The predicted molar refractivity (Wildman–Crippen MR) is 104 cm³/mol. The van der Waals surface area contributed by atoms with Gasteiger partial charge >= 0.3 is 0 Å². The van der Waals surface area contributed by atoms with Gasteiger partial charge in [-0.25, -0.2) is 9.37 Å². The number of nitrogens with one attached hydrogen (secondary N) is 1. The summed E-state index contributed by atoms with van der Waals surface area (Å²) < 4.78 is 15.2. The van der Waals surface area contributed by atoms with Crippen LogP contribution in [0, 0.1) is 12.7 Å². The molecule has 0 radical (unpaired) electrons. The summed E-state index contributed by atoms with van der Waals surface area (Å²) in [7, 11) is 1.64. The van der Waals surface area contributed by atoms with Crippen molar-refractivity contribution in [1.29, 1.82) is 0 Å². The molecule has 0 aliphatic heterocycles. The number of aryl methyl sites for hydroxylation is 2. The number of nitrogens with zero attached hydrogens (tertiary/aromatic N) is 2. The molecule has 1 aromatic carbocycles. The molecule has 5 nitrogen and oxygen atoms in total. The third kappa shape index (κ3) is 2.96. The van der Waals surface area contributed by atoms with E-state index in [1.165, 1.54) is 34.4 Å². The van der Waals surface area contributed by atoms with Crippen LogP contribution in [0.15, 0.2) is 35.4 Å². The van der Waals surface area contributed by atoms with Gasteiger partial charge in [0.15, 0.2) is 0 Å². The lowest BCUT2D eigenvalue weighted by atomic mass is 9.88. The van der Waals surface area contributed by atoms with E-state index in [9.17, 15) is 14.0 Å². The van der Waals surface area contributed by atoms with Crippen molar-refractivity contribution in [1.82, 2.24) is 14.9 Å². The Morgan fingerprint density at radius 1 is 1.33 bits per heavy atom. The zero-order valence-corrected chi connectivity index (χ0v) is 16.0. The number of thiophene rings is 1. The zero-order valence-electron chi connectivity index (χ0n) is 15.2. The Labute approximate surface area is 159 Å². The number of rotatable bonds is 3. The third-order valence-corrected chi connectivity index (χ3v) is 6.60. The Hall–Kier alpha value is -2.54. The zero-order chi connectivity index (χ0) is 19.2. The van der Waals surface area contributed by atoms with Gasteiger partial charge in [-0.05, 0) is 43.0 Å². The molecule has 0 atom stereocenters. The van der Waals surface area contributed by atoms with Crippen LogP contribution in [-0.2, 0) is 12.6 Å². The van der Waals surface area contributed by atoms with Crippen molar-refractivity contribution in [3.8, 4) is 0 Å². The first kappa shape index (κ1) is 17.9. The topological polar surface area (TPSA) is 64.0 Å². The van der Waals surface area contributed by atoms with E-state index in [4.69, 9.17) is 0 Å². The van der Waals surface area contributed by atoms with Gasteiger partial charge < -0.3 is 9.88 Å². The number of hydrogen-bond acceptors (Lipinski definition) is 4. The van der Waals surface area contributed by atoms with E-state index in [1.807, 2.05) is 6.07 Å². The van der Waals surface area contributed by atoms with Crippen molar-refractivity contribution in [2.24, 2.45) is 7.05 Å². The van der Waals surface area contributed by atoms with Gasteiger partial charge in [0.1, 0.15) is 10.6 Å². The lowest BCUT2D eigenvalue weighted by Gasteiger charge is -2.31. The van der Waals surface area contributed by atoms with E-state index in [2.05, 4.69) is 10.3 Å². The number of carbonyl (C=O) groups excluding carboxylic acids is 1. The van der Waals surface area contributed by atoms with Crippen molar-refractivity contribution in [3.63, 3.8) is 0 Å². The van der Waals surface area contributed by atoms with Crippen LogP contribution in [0.3, 0.4) is 0 Å². The average molecular weight is 385 g/mol. The third-order valence-electron chi connectivity index (χ3n) is 5.40. The molecule has 0 unspecified atom stereocenters. The molecule has 0 saturated heterocycles. The molecule has 140 valence electrons. The van der Waals surface area contributed by atoms with Crippen LogP contribution < -0.4 is 10.9 Å². The fourth-order valence-electron chi connectivity index (χ4n) is 3.95. The quantitative estimate of drug-likeness (QED) is 0.749. The van der Waals surface area contributed by atoms with Crippen molar-refractivity contribution in [2.75, 3.05) is 0 Å². The molecule has 1 amide bonds. The van der Waals surface area contributed by atoms with Crippen LogP contribution in [-0.4, -0.2) is 15.5 Å². The lowest BCUT2D eigenvalue weighted by molar-refractivity contribution is 0.0901. The molecule has 3 aromatic rings. The molecular formula is C20H20FN3O2S. The summed E-state index contributed by atoms with van der Waals surface area (Å²) in [6.45, 7) is 1.78. The molecule has 2 heterocycles. The van der Waals surface area contributed by atoms with E-state index >= 15 is 0 Å². The number of hydrogen-bond donors (Lipinski definition) is 1. The SMILES string of the molecule is Cc1c(C(=O)NC2(c3cccc(F)c3)CCCC2)sc2ncn(C)c(=O)c12. The fraction of sp³-hybridized carbons (Fsp3) is 0.350. The number of benzene rings is 1. The number of amides is 1. The molecule has 27 heavy (non-hydrogen) atoms. The number of fused-ring (bicyclic) bond motifs is 1. The monoisotopic (exact) mass is 385 g/mol. The summed E-state index contributed by atoms with van der Waals surface area (Å²) in [6.07, 6.45) is 4.96. The highest BCUT2D eigenvalue weighted by molar-refractivity contribution is 7.20. The first-order valence-electron chi connectivity index (χ1n) is 8.94. The second kappa shape index (κ2) is 6.56. The van der Waals surface area contributed by atoms with Gasteiger partial charge in [-0.1, -0.05) is 25.0 Å².